The van der Waals surface area contributed by atoms with Gasteiger partial charge in [0.2, 0.25) is 0 Å². The summed E-state index contributed by atoms with van der Waals surface area (Å²) in [6.07, 6.45) is 1.31. The first-order valence-electron chi connectivity index (χ1n) is 5.67. The molecular weight excluding hydrogens is 262 g/mol. The molecule has 0 aliphatic heterocycles. The molecule has 8 nitrogen and oxygen atoms in total. The molecule has 2 aromatic heterocycles. The third-order valence-corrected chi connectivity index (χ3v) is 2.77. The quantitative estimate of drug-likeness (QED) is 0.656. The summed E-state index contributed by atoms with van der Waals surface area (Å²) in [6, 6.07) is 4.53. The topological polar surface area (TPSA) is 114 Å². The van der Waals surface area contributed by atoms with Crippen LogP contribution in [-0.2, 0) is 4.74 Å². The Hall–Kier alpha value is -3.03. The molecule has 0 fully saturated rings. The summed E-state index contributed by atoms with van der Waals surface area (Å²) < 4.78 is 4.64. The van der Waals surface area contributed by atoms with E-state index >= 15 is 0 Å². The SMILES string of the molecule is COC(=O)c1ccc2c(=O)[nH]c(-c3ncn[nH]3)nc2c1. The minimum Gasteiger partial charge on any atom is -0.465 e. The van der Waals surface area contributed by atoms with E-state index in [4.69, 9.17) is 0 Å². The predicted octanol–water partition coefficient (Wildman–Crippen LogP) is 0.495. The first kappa shape index (κ1) is 12.0. The standard InChI is InChI=1S/C12H9N5O3/c1-20-12(19)6-2-3-7-8(4-6)15-10(16-11(7)18)9-13-5-14-17-9/h2-5H,1H3,(H,13,14,17)(H,15,16,18). The molecular formula is C12H9N5O3. The Morgan fingerprint density at radius 2 is 2.15 bits per heavy atom. The highest BCUT2D eigenvalue weighted by atomic mass is 16.5. The van der Waals surface area contributed by atoms with Crippen LogP contribution in [0.15, 0.2) is 29.3 Å². The van der Waals surface area contributed by atoms with Crippen molar-refractivity contribution in [3.8, 4) is 11.6 Å². The van der Waals surface area contributed by atoms with Gasteiger partial charge in [-0.1, -0.05) is 0 Å². The van der Waals surface area contributed by atoms with Crippen LogP contribution in [0.1, 0.15) is 10.4 Å². The molecule has 0 aliphatic carbocycles. The van der Waals surface area contributed by atoms with Gasteiger partial charge in [0, 0.05) is 0 Å². The molecule has 0 amide bonds. The van der Waals surface area contributed by atoms with E-state index in [-0.39, 0.29) is 11.4 Å². The van der Waals surface area contributed by atoms with Gasteiger partial charge in [-0.15, -0.1) is 0 Å². The maximum atomic E-state index is 12.0. The lowest BCUT2D eigenvalue weighted by Gasteiger charge is -2.02. The van der Waals surface area contributed by atoms with Crippen molar-refractivity contribution in [1.82, 2.24) is 25.1 Å². The van der Waals surface area contributed by atoms with Gasteiger partial charge in [-0.05, 0) is 18.2 Å². The molecule has 3 aromatic rings. The molecule has 0 aliphatic rings. The molecule has 20 heavy (non-hydrogen) atoms. The van der Waals surface area contributed by atoms with Crippen LogP contribution in [0.2, 0.25) is 0 Å². The molecule has 1 aromatic carbocycles. The van der Waals surface area contributed by atoms with Crippen molar-refractivity contribution in [2.24, 2.45) is 0 Å². The Balaban J connectivity index is 2.23. The molecule has 0 radical (unpaired) electrons. The van der Waals surface area contributed by atoms with Gasteiger partial charge < -0.3 is 9.72 Å². The van der Waals surface area contributed by atoms with Crippen LogP contribution in [0.4, 0.5) is 0 Å². The number of benzene rings is 1. The fraction of sp³-hybridized carbons (Fsp3) is 0.0833. The molecule has 100 valence electrons. The fourth-order valence-electron chi connectivity index (χ4n) is 1.82. The molecule has 3 rings (SSSR count). The molecule has 0 saturated carbocycles. The van der Waals surface area contributed by atoms with Crippen molar-refractivity contribution in [2.75, 3.05) is 7.11 Å². The summed E-state index contributed by atoms with van der Waals surface area (Å²) in [5, 5.41) is 6.68. The number of fused-ring (bicyclic) bond motifs is 1. The normalized spacial score (nSPS) is 10.7. The Morgan fingerprint density at radius 1 is 1.30 bits per heavy atom. The lowest BCUT2D eigenvalue weighted by atomic mass is 10.1. The average Bonchev–Trinajstić information content (AvgIpc) is 3.00. The molecule has 0 bridgehead atoms. The zero-order valence-corrected chi connectivity index (χ0v) is 10.4. The van der Waals surface area contributed by atoms with Gasteiger partial charge in [-0.2, -0.15) is 5.10 Å². The van der Waals surface area contributed by atoms with Gasteiger partial charge in [0.1, 0.15) is 6.33 Å². The number of H-pyrrole nitrogens is 2. The van der Waals surface area contributed by atoms with Crippen molar-refractivity contribution < 1.29 is 9.53 Å². The number of rotatable bonds is 2. The molecule has 0 saturated heterocycles. The van der Waals surface area contributed by atoms with E-state index in [0.717, 1.165) is 0 Å². The van der Waals surface area contributed by atoms with E-state index in [0.29, 0.717) is 22.3 Å². The Morgan fingerprint density at radius 3 is 2.85 bits per heavy atom. The zero-order valence-electron chi connectivity index (χ0n) is 10.4. The van der Waals surface area contributed by atoms with E-state index < -0.39 is 5.97 Å². The van der Waals surface area contributed by atoms with Crippen molar-refractivity contribution in [2.45, 2.75) is 0 Å². The van der Waals surface area contributed by atoms with Gasteiger partial charge in [0.25, 0.3) is 5.56 Å². The zero-order chi connectivity index (χ0) is 14.1. The predicted molar refractivity (Wildman–Crippen MR) is 69.1 cm³/mol. The van der Waals surface area contributed by atoms with Crippen LogP contribution < -0.4 is 5.56 Å². The molecule has 8 heteroatoms. The summed E-state index contributed by atoms with van der Waals surface area (Å²) in [7, 11) is 1.29. The van der Waals surface area contributed by atoms with Crippen molar-refractivity contribution in [3.63, 3.8) is 0 Å². The van der Waals surface area contributed by atoms with Gasteiger partial charge in [0.05, 0.1) is 23.6 Å². The largest absolute Gasteiger partial charge is 0.465 e. The van der Waals surface area contributed by atoms with Crippen LogP contribution in [0.25, 0.3) is 22.6 Å². The molecule has 2 heterocycles. The Labute approximate surface area is 111 Å². The molecule has 0 spiro atoms. The molecule has 0 unspecified atom stereocenters. The van der Waals surface area contributed by atoms with Crippen LogP contribution in [-0.4, -0.2) is 38.2 Å². The maximum Gasteiger partial charge on any atom is 0.337 e. The van der Waals surface area contributed by atoms with Gasteiger partial charge in [-0.3, -0.25) is 9.89 Å². The van der Waals surface area contributed by atoms with Crippen molar-refractivity contribution >= 4 is 16.9 Å². The minimum atomic E-state index is -0.491. The van der Waals surface area contributed by atoms with Gasteiger partial charge in [0.15, 0.2) is 11.6 Å². The first-order chi connectivity index (χ1) is 9.69. The number of hydrogen-bond donors (Lipinski definition) is 2. The summed E-state index contributed by atoms with van der Waals surface area (Å²) in [5.74, 6) is 0.102. The van der Waals surface area contributed by atoms with E-state index in [2.05, 4.69) is 29.9 Å². The number of ether oxygens (including phenoxy) is 1. The van der Waals surface area contributed by atoms with E-state index in [1.165, 1.54) is 31.6 Å². The van der Waals surface area contributed by atoms with Crippen molar-refractivity contribution in [3.05, 3.63) is 40.4 Å². The number of nitrogens with zero attached hydrogens (tertiary/aromatic N) is 3. The number of esters is 1. The monoisotopic (exact) mass is 271 g/mol. The average molecular weight is 271 g/mol. The number of aromatic nitrogens is 5. The van der Waals surface area contributed by atoms with E-state index in [1.54, 1.807) is 0 Å². The van der Waals surface area contributed by atoms with E-state index in [1.807, 2.05) is 0 Å². The van der Waals surface area contributed by atoms with Crippen molar-refractivity contribution in [1.29, 1.82) is 0 Å². The lowest BCUT2D eigenvalue weighted by molar-refractivity contribution is 0.0601. The summed E-state index contributed by atoms with van der Waals surface area (Å²) in [4.78, 5) is 34.2. The summed E-state index contributed by atoms with van der Waals surface area (Å²) in [6.45, 7) is 0. The second-order valence-electron chi connectivity index (χ2n) is 3.97. The van der Waals surface area contributed by atoms with Gasteiger partial charge >= 0.3 is 5.97 Å². The van der Waals surface area contributed by atoms with Crippen LogP contribution >= 0.6 is 0 Å². The highest BCUT2D eigenvalue weighted by Gasteiger charge is 2.11. The smallest absolute Gasteiger partial charge is 0.337 e. The summed E-state index contributed by atoms with van der Waals surface area (Å²) in [5.41, 5.74) is 0.377. The number of hydrogen-bond acceptors (Lipinski definition) is 6. The lowest BCUT2D eigenvalue weighted by Crippen LogP contribution is -2.11. The maximum absolute atomic E-state index is 12.0. The number of methoxy groups -OCH3 is 1. The number of carbonyl (C=O) groups excluding carboxylic acids is 1. The highest BCUT2D eigenvalue weighted by Crippen LogP contribution is 2.14. The molecule has 2 N–H and O–H groups in total. The third-order valence-electron chi connectivity index (χ3n) is 2.77. The third kappa shape index (κ3) is 1.92. The fourth-order valence-corrected chi connectivity index (χ4v) is 1.82. The Bertz CT molecular complexity index is 838. The second-order valence-corrected chi connectivity index (χ2v) is 3.97. The number of aromatic amines is 2. The summed E-state index contributed by atoms with van der Waals surface area (Å²) >= 11 is 0. The second kappa shape index (κ2) is 4.57. The first-order valence-corrected chi connectivity index (χ1v) is 5.67. The number of carbonyl (C=O) groups is 1. The van der Waals surface area contributed by atoms with Crippen LogP contribution in [0.3, 0.4) is 0 Å². The van der Waals surface area contributed by atoms with E-state index in [9.17, 15) is 9.59 Å². The highest BCUT2D eigenvalue weighted by molar-refractivity contribution is 5.94. The van der Waals surface area contributed by atoms with Crippen LogP contribution in [0.5, 0.6) is 0 Å². The molecule has 0 atom stereocenters. The minimum absolute atomic E-state index is 0.252. The Kier molecular flexibility index (Phi) is 2.75. The van der Waals surface area contributed by atoms with Gasteiger partial charge in [-0.25, -0.2) is 14.8 Å². The number of nitrogens with one attached hydrogen (secondary N) is 2. The van der Waals surface area contributed by atoms with Crippen LogP contribution in [0, 0.1) is 0 Å².